The van der Waals surface area contributed by atoms with E-state index < -0.39 is 23.5 Å². The molecule has 2 fully saturated rings. The third-order valence-corrected chi connectivity index (χ3v) is 7.23. The van der Waals surface area contributed by atoms with Gasteiger partial charge in [-0.25, -0.2) is 8.78 Å². The molecule has 2 aromatic carbocycles. The minimum Gasteiger partial charge on any atom is -0.508 e. The van der Waals surface area contributed by atoms with Crippen LogP contribution in [0.25, 0.3) is 16.6 Å². The van der Waals surface area contributed by atoms with Gasteiger partial charge in [0.1, 0.15) is 5.75 Å². The number of nitrogens with zero attached hydrogens (tertiary/aromatic N) is 1. The summed E-state index contributed by atoms with van der Waals surface area (Å²) in [6, 6.07) is 9.01. The molecule has 5 rings (SSSR count). The number of aromatic nitrogens is 1. The van der Waals surface area contributed by atoms with Gasteiger partial charge in [0.05, 0.1) is 11.4 Å². The molecule has 0 unspecified atom stereocenters. The molecule has 0 amide bonds. The van der Waals surface area contributed by atoms with Crippen molar-refractivity contribution in [3.05, 3.63) is 59.3 Å². The number of hydrogen-bond acceptors (Lipinski definition) is 3. The predicted octanol–water partition coefficient (Wildman–Crippen LogP) is 5.87. The van der Waals surface area contributed by atoms with Gasteiger partial charge in [-0.2, -0.15) is 0 Å². The van der Waals surface area contributed by atoms with Crippen molar-refractivity contribution in [3.63, 3.8) is 0 Å². The summed E-state index contributed by atoms with van der Waals surface area (Å²) >= 11 is 0. The van der Waals surface area contributed by atoms with Crippen molar-refractivity contribution in [1.82, 2.24) is 4.57 Å². The Morgan fingerprint density at radius 3 is 2.48 bits per heavy atom. The number of halogens is 2. The van der Waals surface area contributed by atoms with Crippen LogP contribution in [0.4, 0.5) is 8.78 Å². The van der Waals surface area contributed by atoms with Crippen molar-refractivity contribution in [2.24, 2.45) is 5.92 Å². The first-order valence-electron chi connectivity index (χ1n) is 11.6. The fourth-order valence-electron chi connectivity index (χ4n) is 5.70. The molecule has 2 atom stereocenters. The molecule has 2 N–H and O–H groups in total. The minimum absolute atomic E-state index is 0.00791. The number of ether oxygens (including phenoxy) is 1. The Bertz CT molecular complexity index is 1200. The van der Waals surface area contributed by atoms with Crippen LogP contribution in [0.3, 0.4) is 0 Å². The van der Waals surface area contributed by atoms with Crippen molar-refractivity contribution in [3.8, 4) is 11.4 Å². The number of carboxylic acids is 1. The Kier molecular flexibility index (Phi) is 5.83. The first kappa shape index (κ1) is 21.9. The van der Waals surface area contributed by atoms with Gasteiger partial charge in [0.15, 0.2) is 11.6 Å². The van der Waals surface area contributed by atoms with E-state index in [1.54, 1.807) is 24.3 Å². The van der Waals surface area contributed by atoms with Crippen molar-refractivity contribution in [1.29, 1.82) is 0 Å². The molecular weight excluding hydrogens is 428 g/mol. The second-order valence-electron chi connectivity index (χ2n) is 9.22. The summed E-state index contributed by atoms with van der Waals surface area (Å²) in [7, 11) is 0. The maximum Gasteiger partial charge on any atom is 0.306 e. The summed E-state index contributed by atoms with van der Waals surface area (Å²) in [6.07, 6.45) is 4.42. The highest BCUT2D eigenvalue weighted by molar-refractivity contribution is 5.89. The third-order valence-electron chi connectivity index (χ3n) is 7.23. The molecule has 1 saturated carbocycles. The molecule has 33 heavy (non-hydrogen) atoms. The van der Waals surface area contributed by atoms with Gasteiger partial charge in [0.25, 0.3) is 0 Å². The lowest BCUT2D eigenvalue weighted by Gasteiger charge is -2.31. The number of aromatic hydroxyl groups is 1. The molecule has 0 radical (unpaired) electrons. The monoisotopic (exact) mass is 455 g/mol. The highest BCUT2D eigenvalue weighted by Gasteiger charge is 2.35. The van der Waals surface area contributed by atoms with E-state index in [1.165, 1.54) is 6.07 Å². The van der Waals surface area contributed by atoms with Crippen LogP contribution in [0.2, 0.25) is 0 Å². The average molecular weight is 456 g/mol. The average Bonchev–Trinajstić information content (AvgIpc) is 3.15. The highest BCUT2D eigenvalue weighted by Crippen LogP contribution is 2.47. The van der Waals surface area contributed by atoms with E-state index in [2.05, 4.69) is 0 Å². The van der Waals surface area contributed by atoms with E-state index in [4.69, 9.17) is 4.74 Å². The van der Waals surface area contributed by atoms with E-state index >= 15 is 0 Å². The van der Waals surface area contributed by atoms with Crippen LogP contribution in [0.15, 0.2) is 36.4 Å². The lowest BCUT2D eigenvalue weighted by molar-refractivity contribution is -0.143. The van der Waals surface area contributed by atoms with Crippen LogP contribution < -0.4 is 0 Å². The Morgan fingerprint density at radius 1 is 0.970 bits per heavy atom. The molecule has 5 nitrogen and oxygen atoms in total. The number of fused-ring (bicyclic) bond motifs is 1. The van der Waals surface area contributed by atoms with E-state index in [9.17, 15) is 23.8 Å². The van der Waals surface area contributed by atoms with Crippen LogP contribution >= 0.6 is 0 Å². The first-order chi connectivity index (χ1) is 15.9. The van der Waals surface area contributed by atoms with Gasteiger partial charge in [0.2, 0.25) is 0 Å². The Balaban J connectivity index is 1.78. The maximum absolute atomic E-state index is 14.3. The van der Waals surface area contributed by atoms with Gasteiger partial charge in [0, 0.05) is 42.0 Å². The first-order valence-corrected chi connectivity index (χ1v) is 11.6. The van der Waals surface area contributed by atoms with Gasteiger partial charge < -0.3 is 19.5 Å². The number of carboxylic acid groups (broad SMARTS) is 1. The largest absolute Gasteiger partial charge is 0.508 e. The van der Waals surface area contributed by atoms with Crippen molar-refractivity contribution in [2.75, 3.05) is 13.2 Å². The molecule has 3 aromatic rings. The second-order valence-corrected chi connectivity index (χ2v) is 9.22. The fraction of sp³-hybridized carbons (Fsp3) is 0.423. The Labute approximate surface area is 190 Å². The number of aliphatic carboxylic acids is 1. The molecule has 0 spiro atoms. The van der Waals surface area contributed by atoms with Crippen molar-refractivity contribution in [2.45, 2.75) is 50.4 Å². The number of phenolic OH excluding ortho intramolecular Hbond substituents is 1. The minimum atomic E-state index is -0.920. The van der Waals surface area contributed by atoms with Gasteiger partial charge in [-0.3, -0.25) is 4.79 Å². The summed E-state index contributed by atoms with van der Waals surface area (Å²) in [5, 5.41) is 20.8. The van der Waals surface area contributed by atoms with E-state index in [0.29, 0.717) is 31.7 Å². The Hall–Kier alpha value is -2.93. The summed E-state index contributed by atoms with van der Waals surface area (Å²) in [5.41, 5.74) is 3.35. The zero-order valence-corrected chi connectivity index (χ0v) is 18.3. The predicted molar refractivity (Wildman–Crippen MR) is 120 cm³/mol. The fourth-order valence-corrected chi connectivity index (χ4v) is 5.70. The van der Waals surface area contributed by atoms with Crippen molar-refractivity contribution < 1.29 is 28.5 Å². The molecule has 1 aliphatic heterocycles. The number of benzene rings is 2. The van der Waals surface area contributed by atoms with Gasteiger partial charge in [-0.05, 0) is 73.9 Å². The molecule has 1 saturated heterocycles. The topological polar surface area (TPSA) is 71.7 Å². The number of rotatable bonds is 4. The molecule has 7 heteroatoms. The standard InChI is InChI=1S/C26H27F2NO4/c27-21-6-4-18(13-22(21)28)29-23-7-5-19(30)14-20(23)24(25(29)15-8-10-33-11-9-15)16-2-1-3-17(12-16)26(31)32/h4-7,13-17,30H,1-3,8-12H2,(H,31,32)/t16-,17+/m1/s1. The molecule has 0 bridgehead atoms. The van der Waals surface area contributed by atoms with E-state index in [0.717, 1.165) is 53.9 Å². The van der Waals surface area contributed by atoms with Crippen LogP contribution in [0.1, 0.15) is 61.6 Å². The summed E-state index contributed by atoms with van der Waals surface area (Å²) in [4.78, 5) is 11.8. The highest BCUT2D eigenvalue weighted by atomic mass is 19.2. The quantitative estimate of drug-likeness (QED) is 0.516. The molecule has 1 aromatic heterocycles. The summed E-state index contributed by atoms with van der Waals surface area (Å²) < 4.78 is 35.6. The number of carbonyl (C=O) groups is 1. The summed E-state index contributed by atoms with van der Waals surface area (Å²) in [5.74, 6) is -2.76. The van der Waals surface area contributed by atoms with E-state index in [1.807, 2.05) is 4.57 Å². The SMILES string of the molecule is O=C(O)[C@H]1CCC[C@@H](c2c(C3CCOCC3)n(-c3ccc(F)c(F)c3)c3ccc(O)cc23)C1. The zero-order chi connectivity index (χ0) is 23.1. The molecule has 2 heterocycles. The molecule has 1 aliphatic carbocycles. The smallest absolute Gasteiger partial charge is 0.306 e. The van der Waals surface area contributed by atoms with Crippen LogP contribution in [0.5, 0.6) is 5.75 Å². The second kappa shape index (κ2) is 8.78. The number of phenols is 1. The summed E-state index contributed by atoms with van der Waals surface area (Å²) in [6.45, 7) is 1.22. The van der Waals surface area contributed by atoms with Gasteiger partial charge in [-0.1, -0.05) is 6.42 Å². The maximum atomic E-state index is 14.3. The lowest BCUT2D eigenvalue weighted by Crippen LogP contribution is -2.24. The normalized spacial score (nSPS) is 22.0. The lowest BCUT2D eigenvalue weighted by atomic mass is 9.75. The number of hydrogen-bond donors (Lipinski definition) is 2. The van der Waals surface area contributed by atoms with E-state index in [-0.39, 0.29) is 17.6 Å². The van der Waals surface area contributed by atoms with Gasteiger partial charge >= 0.3 is 5.97 Å². The zero-order valence-electron chi connectivity index (χ0n) is 18.3. The van der Waals surface area contributed by atoms with Crippen molar-refractivity contribution >= 4 is 16.9 Å². The van der Waals surface area contributed by atoms with Crippen LogP contribution in [-0.4, -0.2) is 34.0 Å². The van der Waals surface area contributed by atoms with Gasteiger partial charge in [-0.15, -0.1) is 0 Å². The molecule has 174 valence electrons. The third kappa shape index (κ3) is 3.99. The molecular formula is C26H27F2NO4. The molecule has 2 aliphatic rings. The Morgan fingerprint density at radius 2 is 1.76 bits per heavy atom. The van der Waals surface area contributed by atoms with Crippen LogP contribution in [-0.2, 0) is 9.53 Å². The van der Waals surface area contributed by atoms with Crippen LogP contribution in [0, 0.1) is 17.6 Å².